The summed E-state index contributed by atoms with van der Waals surface area (Å²) >= 11 is 5.80. The number of carbonyl (C=O) groups excluding carboxylic acids is 1. The van der Waals surface area contributed by atoms with Gasteiger partial charge in [-0.25, -0.2) is 4.79 Å². The number of nitrogens with zero attached hydrogens (tertiary/aromatic N) is 1. The van der Waals surface area contributed by atoms with Crippen LogP contribution in [0.15, 0.2) is 46.0 Å². The van der Waals surface area contributed by atoms with Crippen LogP contribution in [0, 0.1) is 0 Å². The molecule has 1 aromatic heterocycles. The molecule has 0 saturated heterocycles. The van der Waals surface area contributed by atoms with E-state index in [1.807, 2.05) is 12.1 Å². The van der Waals surface area contributed by atoms with Crippen molar-refractivity contribution in [2.75, 3.05) is 0 Å². The summed E-state index contributed by atoms with van der Waals surface area (Å²) < 4.78 is 5.51. The zero-order chi connectivity index (χ0) is 13.0. The lowest BCUT2D eigenvalue weighted by molar-refractivity contribution is -0.140. The van der Waals surface area contributed by atoms with Gasteiger partial charge in [0.2, 0.25) is 0 Å². The van der Waals surface area contributed by atoms with Gasteiger partial charge in [-0.05, 0) is 36.4 Å². The fourth-order valence-electron chi connectivity index (χ4n) is 1.34. The van der Waals surface area contributed by atoms with Gasteiger partial charge in [-0.15, -0.1) is 0 Å². The number of furan rings is 1. The summed E-state index contributed by atoms with van der Waals surface area (Å²) in [6, 6.07) is 10.8. The zero-order valence-corrected chi connectivity index (χ0v) is 10.3. The van der Waals surface area contributed by atoms with Crippen LogP contribution in [0.25, 0.3) is 11.3 Å². The number of benzene rings is 1. The second-order valence-electron chi connectivity index (χ2n) is 3.53. The molecule has 0 bridgehead atoms. The third-order valence-electron chi connectivity index (χ3n) is 2.12. The predicted molar refractivity (Wildman–Crippen MR) is 68.5 cm³/mol. The van der Waals surface area contributed by atoms with E-state index in [1.54, 1.807) is 24.3 Å². The number of hydrogen-bond donors (Lipinski definition) is 0. The Kier molecular flexibility index (Phi) is 3.79. The van der Waals surface area contributed by atoms with Crippen LogP contribution >= 0.6 is 11.6 Å². The number of rotatable bonds is 3. The summed E-state index contributed by atoms with van der Waals surface area (Å²) in [7, 11) is 0. The highest BCUT2D eigenvalue weighted by Gasteiger charge is 2.03. The molecule has 0 aliphatic heterocycles. The van der Waals surface area contributed by atoms with Crippen molar-refractivity contribution in [1.29, 1.82) is 0 Å². The quantitative estimate of drug-likeness (QED) is 0.484. The number of carbonyl (C=O) groups is 1. The Labute approximate surface area is 109 Å². The fraction of sp³-hybridized carbons (Fsp3) is 0.0769. The Bertz CT molecular complexity index is 572. The minimum Gasteiger partial charge on any atom is -0.455 e. The van der Waals surface area contributed by atoms with Gasteiger partial charge in [0, 0.05) is 17.5 Å². The maximum atomic E-state index is 10.5. The van der Waals surface area contributed by atoms with Crippen LogP contribution in [-0.2, 0) is 9.63 Å². The minimum atomic E-state index is -0.476. The van der Waals surface area contributed by atoms with Crippen molar-refractivity contribution in [2.45, 2.75) is 6.92 Å². The van der Waals surface area contributed by atoms with Crippen LogP contribution in [0.5, 0.6) is 0 Å². The lowest BCUT2D eigenvalue weighted by Crippen LogP contribution is -1.90. The van der Waals surface area contributed by atoms with Gasteiger partial charge in [0.25, 0.3) is 0 Å². The normalized spacial score (nSPS) is 10.8. The van der Waals surface area contributed by atoms with E-state index in [0.717, 1.165) is 5.56 Å². The Hall–Kier alpha value is -2.07. The lowest BCUT2D eigenvalue weighted by atomic mass is 10.2. The van der Waals surface area contributed by atoms with Gasteiger partial charge in [0.05, 0.1) is 0 Å². The summed E-state index contributed by atoms with van der Waals surface area (Å²) in [5.74, 6) is 0.716. The molecule has 92 valence electrons. The van der Waals surface area contributed by atoms with Crippen LogP contribution in [0.4, 0.5) is 0 Å². The van der Waals surface area contributed by atoms with Gasteiger partial charge < -0.3 is 9.25 Å². The molecule has 2 rings (SSSR count). The van der Waals surface area contributed by atoms with Gasteiger partial charge >= 0.3 is 5.97 Å². The van der Waals surface area contributed by atoms with Crippen LogP contribution < -0.4 is 0 Å². The van der Waals surface area contributed by atoms with Gasteiger partial charge in [-0.1, -0.05) is 16.8 Å². The van der Waals surface area contributed by atoms with Crippen LogP contribution in [-0.4, -0.2) is 12.2 Å². The molecular formula is C13H10ClNO3. The van der Waals surface area contributed by atoms with E-state index >= 15 is 0 Å². The molecule has 0 aliphatic carbocycles. The highest BCUT2D eigenvalue weighted by Crippen LogP contribution is 2.23. The van der Waals surface area contributed by atoms with Crippen LogP contribution in [0.1, 0.15) is 12.7 Å². The van der Waals surface area contributed by atoms with E-state index in [4.69, 9.17) is 16.0 Å². The van der Waals surface area contributed by atoms with Crippen LogP contribution in [0.2, 0.25) is 5.02 Å². The molecule has 0 atom stereocenters. The molecule has 5 heteroatoms. The maximum absolute atomic E-state index is 10.5. The monoisotopic (exact) mass is 263 g/mol. The highest BCUT2D eigenvalue weighted by atomic mass is 35.5. The van der Waals surface area contributed by atoms with E-state index in [9.17, 15) is 4.79 Å². The van der Waals surface area contributed by atoms with Gasteiger partial charge in [-0.2, -0.15) is 0 Å². The molecule has 0 N–H and O–H groups in total. The standard InChI is InChI=1S/C13H10ClNO3/c1-9(16)18-15-8-12-6-7-13(17-12)10-2-4-11(14)5-3-10/h2-8H,1H3/b15-8+. The smallest absolute Gasteiger partial charge is 0.331 e. The molecule has 0 radical (unpaired) electrons. The first-order chi connectivity index (χ1) is 8.65. The van der Waals surface area contributed by atoms with E-state index in [1.165, 1.54) is 13.1 Å². The molecule has 0 spiro atoms. The molecule has 0 saturated carbocycles. The summed E-state index contributed by atoms with van der Waals surface area (Å²) in [6.45, 7) is 1.28. The Morgan fingerprint density at radius 3 is 2.67 bits per heavy atom. The van der Waals surface area contributed by atoms with Gasteiger partial charge in [0.15, 0.2) is 0 Å². The number of oxime groups is 1. The van der Waals surface area contributed by atoms with E-state index in [-0.39, 0.29) is 0 Å². The van der Waals surface area contributed by atoms with E-state index in [0.29, 0.717) is 16.5 Å². The Morgan fingerprint density at radius 1 is 1.28 bits per heavy atom. The molecule has 18 heavy (non-hydrogen) atoms. The molecule has 0 amide bonds. The molecule has 1 aromatic carbocycles. The summed E-state index contributed by atoms with van der Waals surface area (Å²) in [5.41, 5.74) is 0.909. The summed E-state index contributed by atoms with van der Waals surface area (Å²) in [4.78, 5) is 14.9. The summed E-state index contributed by atoms with van der Waals surface area (Å²) in [6.07, 6.45) is 1.33. The van der Waals surface area contributed by atoms with Crippen molar-refractivity contribution >= 4 is 23.8 Å². The zero-order valence-electron chi connectivity index (χ0n) is 9.59. The van der Waals surface area contributed by atoms with Crippen molar-refractivity contribution in [3.8, 4) is 11.3 Å². The van der Waals surface area contributed by atoms with Crippen molar-refractivity contribution in [2.24, 2.45) is 5.16 Å². The molecule has 1 heterocycles. The minimum absolute atomic E-state index is 0.476. The topological polar surface area (TPSA) is 51.8 Å². The summed E-state index contributed by atoms with van der Waals surface area (Å²) in [5, 5.41) is 4.14. The molecule has 0 unspecified atom stereocenters. The molecule has 0 fully saturated rings. The first-order valence-electron chi connectivity index (χ1n) is 5.22. The van der Waals surface area contributed by atoms with Crippen molar-refractivity contribution in [3.63, 3.8) is 0 Å². The maximum Gasteiger partial charge on any atom is 0.331 e. The Morgan fingerprint density at radius 2 is 2.00 bits per heavy atom. The molecule has 2 aromatic rings. The number of halogens is 1. The highest BCUT2D eigenvalue weighted by molar-refractivity contribution is 6.30. The molecule has 0 aliphatic rings. The fourth-order valence-corrected chi connectivity index (χ4v) is 1.47. The average Bonchev–Trinajstić information content (AvgIpc) is 2.78. The first-order valence-corrected chi connectivity index (χ1v) is 5.59. The first kappa shape index (κ1) is 12.4. The predicted octanol–water partition coefficient (Wildman–Crippen LogP) is 3.50. The largest absolute Gasteiger partial charge is 0.455 e. The van der Waals surface area contributed by atoms with Crippen molar-refractivity contribution in [3.05, 3.63) is 47.2 Å². The van der Waals surface area contributed by atoms with E-state index < -0.39 is 5.97 Å². The third-order valence-corrected chi connectivity index (χ3v) is 2.37. The average molecular weight is 264 g/mol. The lowest BCUT2D eigenvalue weighted by Gasteiger charge is -1.96. The van der Waals surface area contributed by atoms with Crippen molar-refractivity contribution in [1.82, 2.24) is 0 Å². The van der Waals surface area contributed by atoms with Crippen LogP contribution in [0.3, 0.4) is 0 Å². The third kappa shape index (κ3) is 3.21. The van der Waals surface area contributed by atoms with E-state index in [2.05, 4.69) is 9.99 Å². The SMILES string of the molecule is CC(=O)O/N=C/c1ccc(-c2ccc(Cl)cc2)o1. The second-order valence-corrected chi connectivity index (χ2v) is 3.96. The van der Waals surface area contributed by atoms with Crippen molar-refractivity contribution < 1.29 is 14.0 Å². The van der Waals surface area contributed by atoms with Gasteiger partial charge in [-0.3, -0.25) is 0 Å². The number of hydrogen-bond acceptors (Lipinski definition) is 4. The molecule has 4 nitrogen and oxygen atoms in total. The van der Waals surface area contributed by atoms with Gasteiger partial charge in [0.1, 0.15) is 17.7 Å². The molecular weight excluding hydrogens is 254 g/mol. The second kappa shape index (κ2) is 5.51. The Balaban J connectivity index is 2.12.